The molecular weight excluding hydrogens is 737 g/mol. The minimum Gasteiger partial charge on any atom is -0.461 e. The molecule has 0 aromatic rings. The molecule has 0 spiro atoms. The molecule has 0 aromatic carbocycles. The van der Waals surface area contributed by atoms with Gasteiger partial charge in [-0.25, -0.2) is 0 Å². The lowest BCUT2D eigenvalue weighted by Crippen LogP contribution is -2.56. The zero-order valence-electron chi connectivity index (χ0n) is 40.1. The molecule has 0 bridgehead atoms. The van der Waals surface area contributed by atoms with E-state index in [1.807, 2.05) is 13.8 Å². The van der Waals surface area contributed by atoms with E-state index in [0.29, 0.717) is 56.6 Å². The van der Waals surface area contributed by atoms with E-state index >= 15 is 0 Å². The van der Waals surface area contributed by atoms with Gasteiger partial charge in [-0.1, -0.05) is 141 Å². The number of likely N-dealkylation sites (N-methyl/N-ethyl adjacent to an activating group) is 1. The van der Waals surface area contributed by atoms with E-state index in [1.165, 1.54) is 116 Å². The summed E-state index contributed by atoms with van der Waals surface area (Å²) in [6.07, 6.45) is 40.5. The number of aliphatic hydroxyl groups excluding tert-OH is 2. The van der Waals surface area contributed by atoms with Gasteiger partial charge in [-0.3, -0.25) is 14.5 Å². The van der Waals surface area contributed by atoms with Gasteiger partial charge in [0.2, 0.25) is 0 Å². The molecule has 0 aromatic heterocycles. The summed E-state index contributed by atoms with van der Waals surface area (Å²) in [6.45, 7) is 15.4. The van der Waals surface area contributed by atoms with E-state index in [-0.39, 0.29) is 24.1 Å². The molecule has 2 N–H and O–H groups in total. The Morgan fingerprint density at radius 2 is 0.881 bits per heavy atom. The molecule has 0 fully saturated rings. The van der Waals surface area contributed by atoms with Gasteiger partial charge in [-0.15, -0.1) is 0 Å². The van der Waals surface area contributed by atoms with Crippen molar-refractivity contribution >= 4 is 11.9 Å². The van der Waals surface area contributed by atoms with Crippen LogP contribution in [0.4, 0.5) is 0 Å². The summed E-state index contributed by atoms with van der Waals surface area (Å²) in [7, 11) is 2.10. The summed E-state index contributed by atoms with van der Waals surface area (Å²) in [5.74, 6) is -0.300. The highest BCUT2D eigenvalue weighted by molar-refractivity contribution is 5.69. The van der Waals surface area contributed by atoms with Crippen LogP contribution in [-0.4, -0.2) is 102 Å². The predicted molar refractivity (Wildman–Crippen MR) is 251 cm³/mol. The predicted octanol–water partition coefficient (Wildman–Crippen LogP) is 12.4. The molecule has 8 heteroatoms. The first-order valence-electron chi connectivity index (χ1n) is 25.0. The Labute approximate surface area is 365 Å². The first-order chi connectivity index (χ1) is 28.4. The van der Waals surface area contributed by atoms with Crippen molar-refractivity contribution in [3.8, 4) is 0 Å². The van der Waals surface area contributed by atoms with Crippen molar-refractivity contribution in [2.45, 2.75) is 246 Å². The molecule has 0 radical (unpaired) electrons. The van der Waals surface area contributed by atoms with Gasteiger partial charge in [0.05, 0.1) is 19.7 Å². The van der Waals surface area contributed by atoms with E-state index in [1.54, 1.807) is 13.8 Å². The van der Waals surface area contributed by atoms with Crippen molar-refractivity contribution in [3.05, 3.63) is 24.3 Å². The second-order valence-electron chi connectivity index (χ2n) is 18.4. The molecule has 5 atom stereocenters. The number of quaternary nitrogens is 1. The van der Waals surface area contributed by atoms with Crippen molar-refractivity contribution < 1.29 is 33.8 Å². The molecule has 348 valence electrons. The summed E-state index contributed by atoms with van der Waals surface area (Å²) in [5, 5.41) is 20.7. The van der Waals surface area contributed by atoms with Gasteiger partial charge in [0, 0.05) is 32.5 Å². The number of esters is 2. The minimum atomic E-state index is -0.527. The maximum atomic E-state index is 12.7. The van der Waals surface area contributed by atoms with Crippen LogP contribution < -0.4 is 0 Å². The normalized spacial score (nSPS) is 15.2. The average Bonchev–Trinajstić information content (AvgIpc) is 3.16. The number of allylic oxidation sites excluding steroid dienone is 4. The fraction of sp³-hybridized carbons (Fsp3) is 0.882. The van der Waals surface area contributed by atoms with Crippen LogP contribution in [0.2, 0.25) is 0 Å². The fourth-order valence-electron chi connectivity index (χ4n) is 8.21. The number of rotatable bonds is 43. The quantitative estimate of drug-likeness (QED) is 0.0273. The molecule has 0 rings (SSSR count). The molecule has 59 heavy (non-hydrogen) atoms. The van der Waals surface area contributed by atoms with Crippen molar-refractivity contribution in [1.82, 2.24) is 4.90 Å². The molecule has 5 unspecified atom stereocenters. The van der Waals surface area contributed by atoms with E-state index in [9.17, 15) is 19.8 Å². The molecule has 0 saturated heterocycles. The summed E-state index contributed by atoms with van der Waals surface area (Å²) in [4.78, 5) is 27.5. The Kier molecular flexibility index (Phi) is 39.1. The third-order valence-corrected chi connectivity index (χ3v) is 11.3. The second-order valence-corrected chi connectivity index (χ2v) is 18.4. The van der Waals surface area contributed by atoms with Crippen LogP contribution in [0, 0.1) is 0 Å². The smallest absolute Gasteiger partial charge is 0.306 e. The monoisotopic (exact) mass is 836 g/mol. The summed E-state index contributed by atoms with van der Waals surface area (Å²) in [6, 6.07) is 0. The number of ether oxygens (including phenoxy) is 2. The molecular formula is C51H99N2O6+. The maximum Gasteiger partial charge on any atom is 0.306 e. The van der Waals surface area contributed by atoms with E-state index in [0.717, 1.165) is 51.4 Å². The van der Waals surface area contributed by atoms with Crippen LogP contribution >= 0.6 is 0 Å². The number of carbonyl (C=O) groups is 2. The molecule has 0 aliphatic carbocycles. The zero-order chi connectivity index (χ0) is 43.8. The van der Waals surface area contributed by atoms with Crippen LogP contribution in [0.3, 0.4) is 0 Å². The van der Waals surface area contributed by atoms with E-state index in [4.69, 9.17) is 9.47 Å². The molecule has 0 heterocycles. The number of unbranched alkanes of at least 4 members (excludes halogenated alkanes) is 22. The lowest BCUT2D eigenvalue weighted by molar-refractivity contribution is -0.914. The Morgan fingerprint density at radius 1 is 0.508 bits per heavy atom. The highest BCUT2D eigenvalue weighted by atomic mass is 16.5. The maximum absolute atomic E-state index is 12.7. The lowest BCUT2D eigenvalue weighted by atomic mass is 10.1. The van der Waals surface area contributed by atoms with Crippen LogP contribution in [-0.2, 0) is 19.1 Å². The highest BCUT2D eigenvalue weighted by Crippen LogP contribution is 2.15. The molecule has 0 aliphatic heterocycles. The van der Waals surface area contributed by atoms with Gasteiger partial charge in [0.25, 0.3) is 0 Å². The minimum absolute atomic E-state index is 0.146. The van der Waals surface area contributed by atoms with Crippen molar-refractivity contribution in [2.24, 2.45) is 0 Å². The molecule has 8 nitrogen and oxygen atoms in total. The molecule has 0 saturated carbocycles. The van der Waals surface area contributed by atoms with Crippen LogP contribution in [0.25, 0.3) is 0 Å². The Balaban J connectivity index is 4.43. The van der Waals surface area contributed by atoms with Crippen molar-refractivity contribution in [1.29, 1.82) is 0 Å². The van der Waals surface area contributed by atoms with Crippen LogP contribution in [0.5, 0.6) is 0 Å². The number of hydrogen-bond acceptors (Lipinski definition) is 7. The summed E-state index contributed by atoms with van der Waals surface area (Å²) < 4.78 is 12.2. The summed E-state index contributed by atoms with van der Waals surface area (Å²) >= 11 is 0. The number of nitrogens with zero attached hydrogens (tertiary/aromatic N) is 2. The van der Waals surface area contributed by atoms with Gasteiger partial charge in [-0.2, -0.15) is 0 Å². The Bertz CT molecular complexity index is 1020. The largest absolute Gasteiger partial charge is 0.461 e. The number of aliphatic hydroxyl groups is 2. The van der Waals surface area contributed by atoms with Crippen molar-refractivity contribution in [2.75, 3.05) is 46.3 Å². The van der Waals surface area contributed by atoms with Gasteiger partial charge in [0.15, 0.2) is 0 Å². The third-order valence-electron chi connectivity index (χ3n) is 11.3. The summed E-state index contributed by atoms with van der Waals surface area (Å²) in [5.41, 5.74) is 0. The number of carbonyl (C=O) groups excluding carboxylic acids is 2. The van der Waals surface area contributed by atoms with Crippen LogP contribution in [0.15, 0.2) is 24.3 Å². The Hall–Kier alpha value is -1.74. The zero-order valence-corrected chi connectivity index (χ0v) is 40.1. The van der Waals surface area contributed by atoms with Gasteiger partial charge in [-0.05, 0) is 91.9 Å². The SMILES string of the molecule is CCCCCCCC/C=C\CCCCCCCC(=O)OC(C)CN(CC[N+](C)(CC(C)O)CC(C)OC(=O)CCCCCCC/C=C\CCCCCCCC)CC(C)O. The van der Waals surface area contributed by atoms with Gasteiger partial charge >= 0.3 is 11.9 Å². The highest BCUT2D eigenvalue weighted by Gasteiger charge is 2.29. The molecule has 0 aliphatic rings. The van der Waals surface area contributed by atoms with Crippen LogP contribution in [0.1, 0.15) is 221 Å². The topological polar surface area (TPSA) is 96.3 Å². The lowest BCUT2D eigenvalue weighted by Gasteiger charge is -2.39. The second kappa shape index (κ2) is 40.3. The number of hydrogen-bond donors (Lipinski definition) is 2. The first-order valence-corrected chi connectivity index (χ1v) is 25.0. The average molecular weight is 836 g/mol. The van der Waals surface area contributed by atoms with E-state index in [2.05, 4.69) is 50.1 Å². The third kappa shape index (κ3) is 40.1. The van der Waals surface area contributed by atoms with Gasteiger partial charge in [0.1, 0.15) is 31.4 Å². The molecule has 0 amide bonds. The Morgan fingerprint density at radius 3 is 1.27 bits per heavy atom. The fourth-order valence-corrected chi connectivity index (χ4v) is 8.21. The first kappa shape index (κ1) is 57.3. The van der Waals surface area contributed by atoms with Crippen molar-refractivity contribution in [3.63, 3.8) is 0 Å². The van der Waals surface area contributed by atoms with E-state index < -0.39 is 12.2 Å². The standard InChI is InChI=1S/C51H99N2O6/c1-8-10-12-14-16-18-20-22-24-26-28-30-32-34-36-38-50(56)58-48(5)43-52(42-46(3)54)40-41-53(7,44-47(4)55)45-49(6)59-51(57)39-37-35-33-31-29-27-25-23-21-19-17-15-13-11-9-2/h22-25,46-49,54-55H,8-21,26-45H2,1-7H3/q+1/b24-22-,25-23-. The van der Waals surface area contributed by atoms with Gasteiger partial charge < -0.3 is 24.2 Å².